The second kappa shape index (κ2) is 5.86. The number of methoxy groups -OCH3 is 1. The number of nitrogens with one attached hydrogen (secondary N) is 1. The van der Waals surface area contributed by atoms with Crippen molar-refractivity contribution in [2.45, 2.75) is 20.3 Å². The fourth-order valence-electron chi connectivity index (χ4n) is 2.16. The highest BCUT2D eigenvalue weighted by molar-refractivity contribution is 5.85. The van der Waals surface area contributed by atoms with Gasteiger partial charge >= 0.3 is 0 Å². The van der Waals surface area contributed by atoms with Gasteiger partial charge in [-0.25, -0.2) is 0 Å². The minimum atomic E-state index is 0.00550. The summed E-state index contributed by atoms with van der Waals surface area (Å²) in [5, 5.41) is 3.97. The van der Waals surface area contributed by atoms with E-state index in [0.29, 0.717) is 6.54 Å². The van der Waals surface area contributed by atoms with E-state index in [4.69, 9.17) is 10.6 Å². The smallest absolute Gasteiger partial charge is 0.222 e. The van der Waals surface area contributed by atoms with Crippen LogP contribution in [0.25, 0.3) is 10.9 Å². The summed E-state index contributed by atoms with van der Waals surface area (Å²) in [4.78, 5) is 11.5. The number of aromatic nitrogens is 1. The van der Waals surface area contributed by atoms with Crippen molar-refractivity contribution in [1.82, 2.24) is 9.99 Å². The van der Waals surface area contributed by atoms with E-state index in [-0.39, 0.29) is 11.8 Å². The van der Waals surface area contributed by atoms with Crippen LogP contribution in [0.2, 0.25) is 0 Å². The van der Waals surface area contributed by atoms with Crippen molar-refractivity contribution in [3.05, 3.63) is 30.0 Å². The molecule has 0 saturated heterocycles. The van der Waals surface area contributed by atoms with Gasteiger partial charge in [0.05, 0.1) is 12.6 Å². The predicted molar refractivity (Wildman–Crippen MR) is 80.2 cm³/mol. The maximum Gasteiger partial charge on any atom is 0.222 e. The Balaban J connectivity index is 2.15. The van der Waals surface area contributed by atoms with E-state index < -0.39 is 0 Å². The van der Waals surface area contributed by atoms with Crippen LogP contribution >= 0.6 is 0 Å². The van der Waals surface area contributed by atoms with E-state index in [1.54, 1.807) is 11.8 Å². The largest absolute Gasteiger partial charge is 0.497 e. The van der Waals surface area contributed by atoms with Crippen LogP contribution in [-0.4, -0.2) is 24.2 Å². The molecular weight excluding hydrogens is 254 g/mol. The van der Waals surface area contributed by atoms with Crippen LogP contribution in [0.4, 0.5) is 0 Å². The van der Waals surface area contributed by atoms with E-state index in [2.05, 4.69) is 5.32 Å². The number of benzene rings is 1. The molecule has 1 amide bonds. The highest BCUT2D eigenvalue weighted by atomic mass is 16.5. The third-order valence-electron chi connectivity index (χ3n) is 3.34. The van der Waals surface area contributed by atoms with Gasteiger partial charge in [-0.15, -0.1) is 0 Å². The molecule has 0 aliphatic heterocycles. The number of ether oxygens (including phenoxy) is 1. The first-order chi connectivity index (χ1) is 9.52. The maximum absolute atomic E-state index is 11.5. The van der Waals surface area contributed by atoms with Gasteiger partial charge in [0.1, 0.15) is 5.75 Å². The first-order valence-electron chi connectivity index (χ1n) is 6.73. The molecule has 0 fully saturated rings. The molecule has 0 aliphatic carbocycles. The molecule has 0 saturated carbocycles. The topological polar surface area (TPSA) is 69.3 Å². The lowest BCUT2D eigenvalue weighted by Gasteiger charge is -2.07. The van der Waals surface area contributed by atoms with Gasteiger partial charge in [-0.3, -0.25) is 9.47 Å². The number of hydrogen-bond acceptors (Lipinski definition) is 3. The minimum Gasteiger partial charge on any atom is -0.497 e. The summed E-state index contributed by atoms with van der Waals surface area (Å²) in [6.45, 7) is 4.37. The van der Waals surface area contributed by atoms with Crippen molar-refractivity contribution in [1.29, 1.82) is 0 Å². The van der Waals surface area contributed by atoms with Crippen LogP contribution in [0, 0.1) is 5.92 Å². The van der Waals surface area contributed by atoms with Crippen molar-refractivity contribution < 1.29 is 9.53 Å². The Morgan fingerprint density at radius 3 is 2.85 bits per heavy atom. The molecule has 3 N–H and O–H groups in total. The first-order valence-corrected chi connectivity index (χ1v) is 6.73. The zero-order valence-electron chi connectivity index (χ0n) is 12.1. The average molecular weight is 275 g/mol. The van der Waals surface area contributed by atoms with Gasteiger partial charge in [-0.1, -0.05) is 13.8 Å². The standard InChI is InChI=1S/C15H21N3O2/c1-10(2)15(19)17-7-6-11-9-18(16)14-5-4-12(20-3)8-13(11)14/h4-5,8-10H,6-7,16H2,1-3H3,(H,17,19). The normalized spacial score (nSPS) is 11.0. The Morgan fingerprint density at radius 1 is 1.45 bits per heavy atom. The van der Waals surface area contributed by atoms with Crippen LogP contribution < -0.4 is 15.9 Å². The number of nitrogens with zero attached hydrogens (tertiary/aromatic N) is 1. The van der Waals surface area contributed by atoms with E-state index in [0.717, 1.165) is 28.6 Å². The average Bonchev–Trinajstić information content (AvgIpc) is 2.74. The molecular formula is C15H21N3O2. The Morgan fingerprint density at radius 2 is 2.20 bits per heavy atom. The highest BCUT2D eigenvalue weighted by Crippen LogP contribution is 2.25. The lowest BCUT2D eigenvalue weighted by Crippen LogP contribution is -2.29. The molecule has 1 aromatic carbocycles. The van der Waals surface area contributed by atoms with Crippen LogP contribution in [0.3, 0.4) is 0 Å². The van der Waals surface area contributed by atoms with E-state index >= 15 is 0 Å². The molecule has 0 unspecified atom stereocenters. The summed E-state index contributed by atoms with van der Waals surface area (Å²) >= 11 is 0. The second-order valence-electron chi connectivity index (χ2n) is 5.14. The Bertz CT molecular complexity index is 617. The Kier molecular flexibility index (Phi) is 4.17. The SMILES string of the molecule is COc1ccc2c(c1)c(CCNC(=O)C(C)C)cn2N. The van der Waals surface area contributed by atoms with E-state index in [1.807, 2.05) is 38.2 Å². The number of carbonyl (C=O) groups excluding carboxylic acids is 1. The number of carbonyl (C=O) groups is 1. The minimum absolute atomic E-state index is 0.00550. The summed E-state index contributed by atoms with van der Waals surface area (Å²) in [5.41, 5.74) is 2.06. The van der Waals surface area contributed by atoms with E-state index in [9.17, 15) is 4.79 Å². The van der Waals surface area contributed by atoms with Gasteiger partial charge in [-0.05, 0) is 30.2 Å². The van der Waals surface area contributed by atoms with Crippen LogP contribution in [0.5, 0.6) is 5.75 Å². The Labute approximate surface area is 118 Å². The van der Waals surface area contributed by atoms with Gasteiger partial charge in [0.25, 0.3) is 0 Å². The predicted octanol–water partition coefficient (Wildman–Crippen LogP) is 1.68. The molecule has 0 spiro atoms. The van der Waals surface area contributed by atoms with Crippen LogP contribution in [-0.2, 0) is 11.2 Å². The fourth-order valence-corrected chi connectivity index (χ4v) is 2.16. The molecule has 108 valence electrons. The van der Waals surface area contributed by atoms with Crippen molar-refractivity contribution in [3.8, 4) is 5.75 Å². The molecule has 2 aromatic rings. The second-order valence-corrected chi connectivity index (χ2v) is 5.14. The van der Waals surface area contributed by atoms with Gasteiger partial charge in [-0.2, -0.15) is 0 Å². The number of rotatable bonds is 5. The number of nitrogens with two attached hydrogens (primary N) is 1. The zero-order chi connectivity index (χ0) is 14.7. The lowest BCUT2D eigenvalue weighted by atomic mass is 10.1. The maximum atomic E-state index is 11.5. The van der Waals surface area contributed by atoms with Crippen LogP contribution in [0.15, 0.2) is 24.4 Å². The van der Waals surface area contributed by atoms with Gasteiger partial charge in [0, 0.05) is 24.0 Å². The van der Waals surface area contributed by atoms with Gasteiger partial charge in [0.15, 0.2) is 0 Å². The van der Waals surface area contributed by atoms with E-state index in [1.165, 1.54) is 0 Å². The summed E-state index contributed by atoms with van der Waals surface area (Å²) in [6.07, 6.45) is 2.64. The molecule has 0 atom stereocenters. The number of hydrogen-bond donors (Lipinski definition) is 2. The third kappa shape index (κ3) is 2.87. The molecule has 2 rings (SSSR count). The summed E-state index contributed by atoms with van der Waals surface area (Å²) < 4.78 is 6.85. The number of nitrogen functional groups attached to an aromatic ring is 1. The summed E-state index contributed by atoms with van der Waals surface area (Å²) in [7, 11) is 1.64. The molecule has 0 radical (unpaired) electrons. The monoisotopic (exact) mass is 275 g/mol. The highest BCUT2D eigenvalue weighted by Gasteiger charge is 2.10. The third-order valence-corrected chi connectivity index (χ3v) is 3.34. The summed E-state index contributed by atoms with van der Waals surface area (Å²) in [5.74, 6) is 6.81. The van der Waals surface area contributed by atoms with Gasteiger partial charge < -0.3 is 15.9 Å². The van der Waals surface area contributed by atoms with Gasteiger partial charge in [0.2, 0.25) is 5.91 Å². The van der Waals surface area contributed by atoms with Crippen molar-refractivity contribution >= 4 is 16.8 Å². The fraction of sp³-hybridized carbons (Fsp3) is 0.400. The molecule has 0 bridgehead atoms. The molecule has 5 heteroatoms. The van der Waals surface area contributed by atoms with Crippen molar-refractivity contribution in [2.24, 2.45) is 5.92 Å². The lowest BCUT2D eigenvalue weighted by molar-refractivity contribution is -0.123. The Hall–Kier alpha value is -2.17. The molecule has 1 heterocycles. The summed E-state index contributed by atoms with van der Waals surface area (Å²) in [6, 6.07) is 5.79. The van der Waals surface area contributed by atoms with Crippen LogP contribution in [0.1, 0.15) is 19.4 Å². The molecule has 20 heavy (non-hydrogen) atoms. The quantitative estimate of drug-likeness (QED) is 0.816. The molecule has 0 aliphatic rings. The number of fused-ring (bicyclic) bond motifs is 1. The zero-order valence-corrected chi connectivity index (χ0v) is 12.1. The first kappa shape index (κ1) is 14.2. The molecule has 1 aromatic heterocycles. The molecule has 5 nitrogen and oxygen atoms in total. The van der Waals surface area contributed by atoms with Crippen molar-refractivity contribution in [2.75, 3.05) is 19.5 Å². The van der Waals surface area contributed by atoms with Crippen molar-refractivity contribution in [3.63, 3.8) is 0 Å². The number of amides is 1.